The summed E-state index contributed by atoms with van der Waals surface area (Å²) in [7, 11) is 0. The van der Waals surface area contributed by atoms with Crippen LogP contribution in [0.4, 0.5) is 0 Å². The highest BCUT2D eigenvalue weighted by Crippen LogP contribution is 2.34. The molecule has 4 atom stereocenters. The summed E-state index contributed by atoms with van der Waals surface area (Å²) in [4.78, 5) is 22.5. The maximum absolute atomic E-state index is 13.1. The molecule has 0 spiro atoms. The van der Waals surface area contributed by atoms with Crippen molar-refractivity contribution in [1.29, 1.82) is 0 Å². The molecule has 0 saturated carbocycles. The molecule has 27 heavy (non-hydrogen) atoms. The number of likely N-dealkylation sites (tertiary alicyclic amines) is 2. The van der Waals surface area contributed by atoms with Crippen LogP contribution in [0.2, 0.25) is 0 Å². The van der Waals surface area contributed by atoms with E-state index in [-0.39, 0.29) is 6.04 Å². The van der Waals surface area contributed by atoms with Gasteiger partial charge in [0.1, 0.15) is 0 Å². The lowest BCUT2D eigenvalue weighted by molar-refractivity contribution is -0.139. The molecule has 2 fully saturated rings. The molecular formula is C22H31N3OS. The van der Waals surface area contributed by atoms with E-state index in [1.54, 1.807) is 0 Å². The molecule has 1 amide bonds. The zero-order valence-electron chi connectivity index (χ0n) is 16.7. The van der Waals surface area contributed by atoms with Crippen molar-refractivity contribution in [3.8, 4) is 0 Å². The average molecular weight is 386 g/mol. The molecule has 2 aliphatic heterocycles. The number of aromatic nitrogens is 1. The second-order valence-electron chi connectivity index (χ2n) is 8.72. The second kappa shape index (κ2) is 7.88. The first-order valence-electron chi connectivity index (χ1n) is 10.4. The molecule has 0 radical (unpaired) electrons. The van der Waals surface area contributed by atoms with E-state index in [0.29, 0.717) is 23.7 Å². The third kappa shape index (κ3) is 4.04. The first-order valence-corrected chi connectivity index (χ1v) is 11.2. The van der Waals surface area contributed by atoms with Crippen LogP contribution >= 0.6 is 11.3 Å². The van der Waals surface area contributed by atoms with Gasteiger partial charge >= 0.3 is 0 Å². The third-order valence-electron chi connectivity index (χ3n) is 6.20. The molecule has 2 aromatic rings. The Kier molecular flexibility index (Phi) is 5.51. The van der Waals surface area contributed by atoms with Crippen molar-refractivity contribution < 1.29 is 4.79 Å². The fourth-order valence-electron chi connectivity index (χ4n) is 4.89. The van der Waals surface area contributed by atoms with Crippen molar-refractivity contribution >= 4 is 27.5 Å². The van der Waals surface area contributed by atoms with Gasteiger partial charge in [0, 0.05) is 25.6 Å². The van der Waals surface area contributed by atoms with E-state index in [0.717, 1.165) is 38.1 Å². The number of carbonyl (C=O) groups excluding carboxylic acids is 1. The van der Waals surface area contributed by atoms with E-state index in [1.807, 2.05) is 11.3 Å². The molecule has 5 heteroatoms. The summed E-state index contributed by atoms with van der Waals surface area (Å²) in [6.07, 6.45) is 3.56. The largest absolute Gasteiger partial charge is 0.341 e. The lowest BCUT2D eigenvalue weighted by Crippen LogP contribution is -2.53. The van der Waals surface area contributed by atoms with E-state index in [9.17, 15) is 4.79 Å². The van der Waals surface area contributed by atoms with Gasteiger partial charge in [0.2, 0.25) is 5.91 Å². The summed E-state index contributed by atoms with van der Waals surface area (Å²) in [5.41, 5.74) is 1.11. The van der Waals surface area contributed by atoms with Gasteiger partial charge in [-0.3, -0.25) is 9.69 Å². The molecule has 4 nitrogen and oxygen atoms in total. The number of rotatable bonds is 3. The lowest BCUT2D eigenvalue weighted by Gasteiger charge is -2.40. The van der Waals surface area contributed by atoms with Crippen LogP contribution in [0, 0.1) is 11.8 Å². The van der Waals surface area contributed by atoms with Crippen molar-refractivity contribution in [1.82, 2.24) is 14.8 Å². The molecule has 3 heterocycles. The van der Waals surface area contributed by atoms with Crippen LogP contribution in [0.25, 0.3) is 10.2 Å². The van der Waals surface area contributed by atoms with E-state index < -0.39 is 0 Å². The van der Waals surface area contributed by atoms with Crippen molar-refractivity contribution in [3.63, 3.8) is 0 Å². The van der Waals surface area contributed by atoms with Gasteiger partial charge in [-0.15, -0.1) is 11.3 Å². The van der Waals surface area contributed by atoms with Crippen LogP contribution in [0.1, 0.15) is 51.0 Å². The van der Waals surface area contributed by atoms with Crippen molar-refractivity contribution in [2.75, 3.05) is 26.2 Å². The lowest BCUT2D eigenvalue weighted by atomic mass is 9.91. The predicted octanol–water partition coefficient (Wildman–Crippen LogP) is 4.37. The minimum atomic E-state index is -0.0281. The zero-order chi connectivity index (χ0) is 19.0. The molecule has 0 N–H and O–H groups in total. The highest BCUT2D eigenvalue weighted by Gasteiger charge is 2.34. The van der Waals surface area contributed by atoms with Gasteiger partial charge in [0.25, 0.3) is 0 Å². The maximum Gasteiger partial charge on any atom is 0.239 e. The highest BCUT2D eigenvalue weighted by molar-refractivity contribution is 7.18. The SMILES string of the molecule is C[C@H]1C[C@H](C)CN(C(=O)[C@@H](C)N2CCC[C@H](c3nc4ccccc4s3)C2)C1. The maximum atomic E-state index is 13.1. The fraction of sp³-hybridized carbons (Fsp3) is 0.636. The predicted molar refractivity (Wildman–Crippen MR) is 112 cm³/mol. The molecular weight excluding hydrogens is 354 g/mol. The van der Waals surface area contributed by atoms with Gasteiger partial charge in [0.15, 0.2) is 0 Å². The summed E-state index contributed by atoms with van der Waals surface area (Å²) < 4.78 is 1.27. The molecule has 1 aromatic carbocycles. The zero-order valence-corrected chi connectivity index (χ0v) is 17.5. The topological polar surface area (TPSA) is 36.4 Å². The minimum absolute atomic E-state index is 0.0281. The van der Waals surface area contributed by atoms with E-state index in [4.69, 9.17) is 4.98 Å². The van der Waals surface area contributed by atoms with E-state index in [1.165, 1.54) is 22.5 Å². The summed E-state index contributed by atoms with van der Waals surface area (Å²) in [6.45, 7) is 10.5. The summed E-state index contributed by atoms with van der Waals surface area (Å²) >= 11 is 1.82. The first-order chi connectivity index (χ1) is 13.0. The van der Waals surface area contributed by atoms with Crippen LogP contribution < -0.4 is 0 Å². The van der Waals surface area contributed by atoms with Crippen molar-refractivity contribution in [2.45, 2.75) is 52.0 Å². The van der Waals surface area contributed by atoms with Crippen LogP contribution in [0.5, 0.6) is 0 Å². The Labute approximate surface area is 166 Å². The smallest absolute Gasteiger partial charge is 0.239 e. The van der Waals surface area contributed by atoms with Gasteiger partial charge in [0.05, 0.1) is 21.3 Å². The van der Waals surface area contributed by atoms with Gasteiger partial charge < -0.3 is 4.90 Å². The van der Waals surface area contributed by atoms with Crippen LogP contribution in [0.3, 0.4) is 0 Å². The van der Waals surface area contributed by atoms with Crippen LogP contribution in [-0.4, -0.2) is 52.9 Å². The fourth-order valence-corrected chi connectivity index (χ4v) is 5.98. The Balaban J connectivity index is 1.44. The molecule has 0 aliphatic carbocycles. The number of nitrogens with zero attached hydrogens (tertiary/aromatic N) is 3. The number of carbonyl (C=O) groups is 1. The summed E-state index contributed by atoms with van der Waals surface area (Å²) in [6, 6.07) is 8.36. The Morgan fingerprint density at radius 3 is 2.67 bits per heavy atom. The number of benzene rings is 1. The molecule has 0 bridgehead atoms. The van der Waals surface area contributed by atoms with Crippen molar-refractivity contribution in [2.24, 2.45) is 11.8 Å². The second-order valence-corrected chi connectivity index (χ2v) is 9.78. The van der Waals surface area contributed by atoms with E-state index >= 15 is 0 Å². The number of hydrogen-bond acceptors (Lipinski definition) is 4. The van der Waals surface area contributed by atoms with E-state index in [2.05, 4.69) is 54.8 Å². The normalized spacial score (nSPS) is 28.4. The van der Waals surface area contributed by atoms with Crippen LogP contribution in [0.15, 0.2) is 24.3 Å². The monoisotopic (exact) mass is 385 g/mol. The Hall–Kier alpha value is -1.46. The quantitative estimate of drug-likeness (QED) is 0.787. The summed E-state index contributed by atoms with van der Waals surface area (Å²) in [5, 5.41) is 1.24. The minimum Gasteiger partial charge on any atom is -0.341 e. The van der Waals surface area contributed by atoms with Gasteiger partial charge in [-0.05, 0) is 56.7 Å². The molecule has 146 valence electrons. The third-order valence-corrected chi connectivity index (χ3v) is 7.40. The standard InChI is InChI=1S/C22H31N3OS/c1-15-11-16(2)13-25(12-15)22(26)17(3)24-10-6-7-18(14-24)21-23-19-8-4-5-9-20(19)27-21/h4-5,8-9,15-18H,6-7,10-14H2,1-3H3/t15-,16-,17+,18-/m0/s1. The first kappa shape index (κ1) is 18.9. The summed E-state index contributed by atoms with van der Waals surface area (Å²) in [5.74, 6) is 1.99. The van der Waals surface area contributed by atoms with Gasteiger partial charge in [-0.2, -0.15) is 0 Å². The van der Waals surface area contributed by atoms with Gasteiger partial charge in [-0.1, -0.05) is 26.0 Å². The van der Waals surface area contributed by atoms with Crippen molar-refractivity contribution in [3.05, 3.63) is 29.3 Å². The molecule has 2 aliphatic rings. The highest BCUT2D eigenvalue weighted by atomic mass is 32.1. The van der Waals surface area contributed by atoms with Gasteiger partial charge in [-0.25, -0.2) is 4.98 Å². The number of fused-ring (bicyclic) bond motifs is 1. The number of hydrogen-bond donors (Lipinski definition) is 0. The number of thiazole rings is 1. The molecule has 1 aromatic heterocycles. The number of piperidine rings is 2. The molecule has 2 saturated heterocycles. The Morgan fingerprint density at radius 2 is 1.93 bits per heavy atom. The average Bonchev–Trinajstić information content (AvgIpc) is 3.10. The number of para-hydroxylation sites is 1. The Morgan fingerprint density at radius 1 is 1.19 bits per heavy atom. The van der Waals surface area contributed by atoms with Crippen LogP contribution in [-0.2, 0) is 4.79 Å². The number of amides is 1. The Bertz CT molecular complexity index is 761. The molecule has 0 unspecified atom stereocenters. The molecule has 4 rings (SSSR count).